The van der Waals surface area contributed by atoms with Gasteiger partial charge in [-0.1, -0.05) is 0 Å². The van der Waals surface area contributed by atoms with Gasteiger partial charge in [0, 0.05) is 38.3 Å². The molecule has 2 aliphatic rings. The maximum Gasteiger partial charge on any atom is 0.226 e. The van der Waals surface area contributed by atoms with E-state index in [0.29, 0.717) is 11.9 Å². The minimum atomic E-state index is 0.179. The molecular weight excluding hydrogens is 218 g/mol. The van der Waals surface area contributed by atoms with Gasteiger partial charge in [-0.3, -0.25) is 4.79 Å². The number of hydrogen-bond acceptors (Lipinski definition) is 3. The van der Waals surface area contributed by atoms with Gasteiger partial charge in [-0.15, -0.1) is 0 Å². The zero-order chi connectivity index (χ0) is 12.1. The largest absolute Gasteiger partial charge is 0.396 e. The quantitative estimate of drug-likeness (QED) is 0.804. The number of ether oxygens (including phenoxy) is 1. The topological polar surface area (TPSA) is 49.8 Å². The van der Waals surface area contributed by atoms with Gasteiger partial charge in [-0.05, 0) is 38.5 Å². The molecule has 0 aromatic carbocycles. The van der Waals surface area contributed by atoms with E-state index in [1.807, 2.05) is 0 Å². The number of amides is 1. The van der Waals surface area contributed by atoms with Crippen LogP contribution in [0.15, 0.2) is 0 Å². The summed E-state index contributed by atoms with van der Waals surface area (Å²) in [7, 11) is 0. The minimum absolute atomic E-state index is 0.179. The van der Waals surface area contributed by atoms with Gasteiger partial charge in [0.2, 0.25) is 5.91 Å². The molecule has 2 heterocycles. The van der Waals surface area contributed by atoms with Crippen LogP contribution in [0.25, 0.3) is 0 Å². The van der Waals surface area contributed by atoms with Gasteiger partial charge in [0.15, 0.2) is 0 Å². The van der Waals surface area contributed by atoms with Crippen molar-refractivity contribution in [2.45, 2.75) is 44.6 Å². The number of carbonyl (C=O) groups is 1. The summed E-state index contributed by atoms with van der Waals surface area (Å²) in [6.07, 6.45) is 5.73. The summed E-state index contributed by atoms with van der Waals surface area (Å²) in [5.74, 6) is 0.507. The maximum absolute atomic E-state index is 12.4. The Morgan fingerprint density at radius 3 is 2.76 bits per heavy atom. The monoisotopic (exact) mass is 241 g/mol. The van der Waals surface area contributed by atoms with E-state index in [4.69, 9.17) is 9.84 Å². The lowest BCUT2D eigenvalue weighted by molar-refractivity contribution is -0.139. The Hall–Kier alpha value is -0.610. The second-order valence-electron chi connectivity index (χ2n) is 5.08. The molecule has 2 aliphatic heterocycles. The van der Waals surface area contributed by atoms with E-state index in [2.05, 4.69) is 4.90 Å². The molecule has 17 heavy (non-hydrogen) atoms. The van der Waals surface area contributed by atoms with E-state index in [1.165, 1.54) is 0 Å². The Labute approximate surface area is 103 Å². The molecule has 0 aromatic rings. The fraction of sp³-hybridized carbons (Fsp3) is 0.923. The normalized spacial score (nSPS) is 26.4. The molecule has 0 spiro atoms. The van der Waals surface area contributed by atoms with Crippen molar-refractivity contribution in [3.63, 3.8) is 0 Å². The molecule has 0 radical (unpaired) electrons. The van der Waals surface area contributed by atoms with Crippen LogP contribution in [-0.4, -0.2) is 48.3 Å². The van der Waals surface area contributed by atoms with Gasteiger partial charge in [0.05, 0.1) is 0 Å². The lowest BCUT2D eigenvalue weighted by Crippen LogP contribution is -2.41. The second-order valence-corrected chi connectivity index (χ2v) is 5.08. The standard InChI is InChI=1S/C13H23NO3/c15-8-2-4-12-3-1-7-14(12)13(16)11-5-9-17-10-6-11/h11-12,15H,1-10H2. The maximum atomic E-state index is 12.4. The number of rotatable bonds is 4. The van der Waals surface area contributed by atoms with Gasteiger partial charge in [0.1, 0.15) is 0 Å². The van der Waals surface area contributed by atoms with Gasteiger partial charge >= 0.3 is 0 Å². The molecule has 2 saturated heterocycles. The molecule has 4 nitrogen and oxygen atoms in total. The fourth-order valence-corrected chi connectivity index (χ4v) is 2.93. The van der Waals surface area contributed by atoms with Crippen molar-refractivity contribution < 1.29 is 14.6 Å². The van der Waals surface area contributed by atoms with Gasteiger partial charge in [-0.25, -0.2) is 0 Å². The third-order valence-corrected chi connectivity index (χ3v) is 3.93. The van der Waals surface area contributed by atoms with Gasteiger partial charge in [-0.2, -0.15) is 0 Å². The van der Waals surface area contributed by atoms with Crippen molar-refractivity contribution in [3.05, 3.63) is 0 Å². The molecule has 1 amide bonds. The van der Waals surface area contributed by atoms with Crippen LogP contribution in [0.5, 0.6) is 0 Å². The first kappa shape index (κ1) is 12.8. The van der Waals surface area contributed by atoms with Crippen molar-refractivity contribution in [2.75, 3.05) is 26.4 Å². The van der Waals surface area contributed by atoms with Crippen molar-refractivity contribution >= 4 is 5.91 Å². The molecule has 0 aliphatic carbocycles. The first-order chi connectivity index (χ1) is 8.33. The number of nitrogens with zero attached hydrogens (tertiary/aromatic N) is 1. The first-order valence-corrected chi connectivity index (χ1v) is 6.82. The third-order valence-electron chi connectivity index (χ3n) is 3.93. The fourth-order valence-electron chi connectivity index (χ4n) is 2.93. The van der Waals surface area contributed by atoms with Crippen LogP contribution >= 0.6 is 0 Å². The number of likely N-dealkylation sites (tertiary alicyclic amines) is 1. The zero-order valence-corrected chi connectivity index (χ0v) is 10.4. The van der Waals surface area contributed by atoms with Crippen molar-refractivity contribution in [3.8, 4) is 0 Å². The van der Waals surface area contributed by atoms with E-state index in [1.54, 1.807) is 0 Å². The molecule has 0 saturated carbocycles. The molecule has 0 aromatic heterocycles. The highest BCUT2D eigenvalue weighted by molar-refractivity contribution is 5.79. The summed E-state index contributed by atoms with van der Waals surface area (Å²) in [4.78, 5) is 14.4. The van der Waals surface area contributed by atoms with E-state index in [-0.39, 0.29) is 12.5 Å². The van der Waals surface area contributed by atoms with Gasteiger partial charge < -0.3 is 14.7 Å². The number of hydrogen-bond donors (Lipinski definition) is 1. The van der Waals surface area contributed by atoms with Crippen LogP contribution in [0, 0.1) is 5.92 Å². The van der Waals surface area contributed by atoms with Crippen LogP contribution in [-0.2, 0) is 9.53 Å². The summed E-state index contributed by atoms with van der Waals surface area (Å²) in [6, 6.07) is 0.373. The summed E-state index contributed by atoms with van der Waals surface area (Å²) in [5.41, 5.74) is 0. The molecule has 2 rings (SSSR count). The summed E-state index contributed by atoms with van der Waals surface area (Å²) < 4.78 is 5.30. The Morgan fingerprint density at radius 1 is 1.29 bits per heavy atom. The lowest BCUT2D eigenvalue weighted by atomic mass is 9.98. The molecule has 98 valence electrons. The van der Waals surface area contributed by atoms with E-state index >= 15 is 0 Å². The second kappa shape index (κ2) is 6.36. The third kappa shape index (κ3) is 3.19. The van der Waals surface area contributed by atoms with Crippen LogP contribution in [0.2, 0.25) is 0 Å². The molecule has 1 N–H and O–H groups in total. The highest BCUT2D eigenvalue weighted by atomic mass is 16.5. The zero-order valence-electron chi connectivity index (χ0n) is 10.4. The predicted molar refractivity (Wildman–Crippen MR) is 64.6 cm³/mol. The minimum Gasteiger partial charge on any atom is -0.396 e. The predicted octanol–water partition coefficient (Wildman–Crippen LogP) is 1.18. The summed E-state index contributed by atoms with van der Waals surface area (Å²) in [5, 5.41) is 8.88. The molecule has 0 bridgehead atoms. The van der Waals surface area contributed by atoms with Crippen molar-refractivity contribution in [1.82, 2.24) is 4.90 Å². The highest BCUT2D eigenvalue weighted by Gasteiger charge is 2.33. The van der Waals surface area contributed by atoms with Crippen LogP contribution in [0.1, 0.15) is 38.5 Å². The Morgan fingerprint density at radius 2 is 2.06 bits per heavy atom. The van der Waals surface area contributed by atoms with Crippen molar-refractivity contribution in [1.29, 1.82) is 0 Å². The van der Waals surface area contributed by atoms with E-state index < -0.39 is 0 Å². The van der Waals surface area contributed by atoms with Crippen LogP contribution < -0.4 is 0 Å². The van der Waals surface area contributed by atoms with Crippen LogP contribution in [0.4, 0.5) is 0 Å². The summed E-state index contributed by atoms with van der Waals surface area (Å²) in [6.45, 7) is 2.60. The Kier molecular flexibility index (Phi) is 4.80. The summed E-state index contributed by atoms with van der Waals surface area (Å²) >= 11 is 0. The average molecular weight is 241 g/mol. The van der Waals surface area contributed by atoms with E-state index in [0.717, 1.165) is 58.3 Å². The SMILES string of the molecule is O=C(C1CCOCC1)N1CCCC1CCCO. The van der Waals surface area contributed by atoms with Crippen LogP contribution in [0.3, 0.4) is 0 Å². The molecule has 1 atom stereocenters. The Balaban J connectivity index is 1.88. The average Bonchev–Trinajstić information content (AvgIpc) is 2.84. The van der Waals surface area contributed by atoms with Crippen molar-refractivity contribution in [2.24, 2.45) is 5.92 Å². The molecule has 1 unspecified atom stereocenters. The van der Waals surface area contributed by atoms with E-state index in [9.17, 15) is 4.79 Å². The smallest absolute Gasteiger partial charge is 0.226 e. The first-order valence-electron chi connectivity index (χ1n) is 6.82. The molecule has 4 heteroatoms. The lowest BCUT2D eigenvalue weighted by Gasteiger charge is -2.30. The molecular formula is C13H23NO3. The number of aliphatic hydroxyl groups is 1. The van der Waals surface area contributed by atoms with Gasteiger partial charge in [0.25, 0.3) is 0 Å². The number of carbonyl (C=O) groups excluding carboxylic acids is 1. The highest BCUT2D eigenvalue weighted by Crippen LogP contribution is 2.26. The Bertz CT molecular complexity index is 251. The number of aliphatic hydroxyl groups excluding tert-OH is 1. The molecule has 2 fully saturated rings.